The average Bonchev–Trinajstić information content (AvgIpc) is 3.01. The average molecular weight is 461 g/mol. The molecule has 0 aliphatic carbocycles. The number of nitro benzene ring substituents is 1. The number of hydrogen-bond donors (Lipinski definition) is 2. The van der Waals surface area contributed by atoms with Crippen molar-refractivity contribution in [2.45, 2.75) is 0 Å². The SMILES string of the molecule is COc1ccc(C(=O)NN2C(=O)/C(=C\c3cc(OC)c(O)c([N+](=O)[O-])c3)SC2=S)cc1. The second kappa shape index (κ2) is 9.02. The second-order valence-electron chi connectivity index (χ2n) is 6.03. The third-order valence-electron chi connectivity index (χ3n) is 4.15. The third kappa shape index (κ3) is 4.59. The molecule has 0 unspecified atom stereocenters. The number of thiocarbonyl (C=S) groups is 1. The maximum atomic E-state index is 12.7. The van der Waals surface area contributed by atoms with Crippen molar-refractivity contribution in [3.05, 3.63) is 62.5 Å². The fourth-order valence-corrected chi connectivity index (χ4v) is 3.80. The van der Waals surface area contributed by atoms with Crippen molar-refractivity contribution in [1.29, 1.82) is 0 Å². The van der Waals surface area contributed by atoms with Crippen molar-refractivity contribution in [3.63, 3.8) is 0 Å². The van der Waals surface area contributed by atoms with Crippen molar-refractivity contribution in [1.82, 2.24) is 10.4 Å². The zero-order valence-corrected chi connectivity index (χ0v) is 17.8. The maximum Gasteiger partial charge on any atom is 0.315 e. The molecule has 2 amide bonds. The summed E-state index contributed by atoms with van der Waals surface area (Å²) >= 11 is 6.09. The van der Waals surface area contributed by atoms with Gasteiger partial charge in [0, 0.05) is 11.6 Å². The minimum Gasteiger partial charge on any atom is -0.500 e. The van der Waals surface area contributed by atoms with Crippen molar-refractivity contribution in [3.8, 4) is 17.2 Å². The first kappa shape index (κ1) is 22.1. The summed E-state index contributed by atoms with van der Waals surface area (Å²) in [5.74, 6) is -1.33. The molecule has 1 aliphatic rings. The van der Waals surface area contributed by atoms with Crippen LogP contribution >= 0.6 is 24.0 Å². The van der Waals surface area contributed by atoms with E-state index in [0.717, 1.165) is 22.8 Å². The zero-order chi connectivity index (χ0) is 22.7. The van der Waals surface area contributed by atoms with Gasteiger partial charge < -0.3 is 14.6 Å². The molecule has 1 saturated heterocycles. The summed E-state index contributed by atoms with van der Waals surface area (Å²) in [5.41, 5.74) is 2.39. The molecular weight excluding hydrogens is 446 g/mol. The molecule has 2 aromatic rings. The Labute approximate surface area is 185 Å². The topological polar surface area (TPSA) is 131 Å². The van der Waals surface area contributed by atoms with Crippen LogP contribution < -0.4 is 14.9 Å². The largest absolute Gasteiger partial charge is 0.500 e. The Morgan fingerprint density at radius 3 is 2.52 bits per heavy atom. The lowest BCUT2D eigenvalue weighted by Crippen LogP contribution is -2.44. The number of rotatable bonds is 6. The first-order chi connectivity index (χ1) is 14.7. The molecule has 160 valence electrons. The van der Waals surface area contributed by atoms with Crippen LogP contribution in [0.25, 0.3) is 6.08 Å². The Kier molecular flexibility index (Phi) is 6.42. The van der Waals surface area contributed by atoms with Gasteiger partial charge in [-0.25, -0.2) is 0 Å². The Balaban J connectivity index is 1.84. The predicted octanol–water partition coefficient (Wildman–Crippen LogP) is 2.86. The van der Waals surface area contributed by atoms with Gasteiger partial charge in [0.1, 0.15) is 5.75 Å². The predicted molar refractivity (Wildman–Crippen MR) is 117 cm³/mol. The summed E-state index contributed by atoms with van der Waals surface area (Å²) in [5, 5.41) is 22.0. The molecule has 2 aromatic carbocycles. The van der Waals surface area contributed by atoms with E-state index in [-0.39, 0.29) is 26.1 Å². The molecule has 31 heavy (non-hydrogen) atoms. The van der Waals surface area contributed by atoms with E-state index >= 15 is 0 Å². The number of hydrazine groups is 1. The van der Waals surface area contributed by atoms with Crippen molar-refractivity contribution >= 4 is 51.9 Å². The monoisotopic (exact) mass is 461 g/mol. The van der Waals surface area contributed by atoms with E-state index in [4.69, 9.17) is 21.7 Å². The second-order valence-corrected chi connectivity index (χ2v) is 7.71. The highest BCUT2D eigenvalue weighted by Crippen LogP contribution is 2.39. The number of phenolic OH excluding ortho intramolecular Hbond substituents is 1. The van der Waals surface area contributed by atoms with Crippen LogP contribution in [0, 0.1) is 10.1 Å². The van der Waals surface area contributed by atoms with Crippen LogP contribution in [0.5, 0.6) is 17.2 Å². The van der Waals surface area contributed by atoms with Crippen LogP contribution in [0.15, 0.2) is 41.3 Å². The number of thioether (sulfide) groups is 1. The van der Waals surface area contributed by atoms with E-state index in [1.165, 1.54) is 38.5 Å². The zero-order valence-electron chi connectivity index (χ0n) is 16.1. The summed E-state index contributed by atoms with van der Waals surface area (Å²) in [7, 11) is 2.75. The number of ether oxygens (including phenoxy) is 2. The van der Waals surface area contributed by atoms with Gasteiger partial charge in [0.15, 0.2) is 10.1 Å². The molecule has 0 radical (unpaired) electrons. The van der Waals surface area contributed by atoms with E-state index in [0.29, 0.717) is 5.75 Å². The van der Waals surface area contributed by atoms with E-state index < -0.39 is 28.2 Å². The lowest BCUT2D eigenvalue weighted by Gasteiger charge is -2.15. The number of phenols is 1. The lowest BCUT2D eigenvalue weighted by atomic mass is 10.1. The van der Waals surface area contributed by atoms with Gasteiger partial charge in [-0.3, -0.25) is 25.1 Å². The molecular formula is C19H15N3O7S2. The summed E-state index contributed by atoms with van der Waals surface area (Å²) < 4.78 is 10.1. The van der Waals surface area contributed by atoms with Crippen LogP contribution in [0.3, 0.4) is 0 Å². The number of methoxy groups -OCH3 is 2. The van der Waals surface area contributed by atoms with E-state index in [1.807, 2.05) is 0 Å². The number of nitrogens with zero attached hydrogens (tertiary/aromatic N) is 2. The molecule has 0 atom stereocenters. The highest BCUT2D eigenvalue weighted by Gasteiger charge is 2.34. The maximum absolute atomic E-state index is 12.7. The van der Waals surface area contributed by atoms with Crippen molar-refractivity contribution in [2.75, 3.05) is 14.2 Å². The van der Waals surface area contributed by atoms with Gasteiger partial charge >= 0.3 is 5.69 Å². The Bertz CT molecular complexity index is 1120. The number of carbonyl (C=O) groups is 2. The van der Waals surface area contributed by atoms with E-state index in [1.54, 1.807) is 12.1 Å². The fraction of sp³-hybridized carbons (Fsp3) is 0.105. The minimum absolute atomic E-state index is 0.0818. The number of benzene rings is 2. The molecule has 0 aromatic heterocycles. The molecule has 10 nitrogen and oxygen atoms in total. The molecule has 0 bridgehead atoms. The van der Waals surface area contributed by atoms with Crippen LogP contribution in [-0.4, -0.2) is 45.4 Å². The first-order valence-electron chi connectivity index (χ1n) is 8.53. The quantitative estimate of drug-likeness (QED) is 0.288. The number of carbonyl (C=O) groups excluding carboxylic acids is 2. The molecule has 3 rings (SSSR count). The standard InChI is InChI=1S/C19H15N3O7S2/c1-28-12-5-3-11(4-6-12)17(24)20-21-18(25)15(31-19(21)30)9-10-7-13(22(26)27)16(23)14(8-10)29-2/h3-9,23H,1-2H3,(H,20,24)/b15-9+. The Hall–Kier alpha value is -3.64. The summed E-state index contributed by atoms with van der Waals surface area (Å²) in [6.07, 6.45) is 1.35. The van der Waals surface area contributed by atoms with Crippen LogP contribution in [0.1, 0.15) is 15.9 Å². The summed E-state index contributed by atoms with van der Waals surface area (Å²) in [4.78, 5) is 35.7. The van der Waals surface area contributed by atoms with Crippen LogP contribution in [-0.2, 0) is 4.79 Å². The first-order valence-corrected chi connectivity index (χ1v) is 9.76. The fourth-order valence-electron chi connectivity index (χ4n) is 2.62. The van der Waals surface area contributed by atoms with E-state index in [2.05, 4.69) is 5.43 Å². The summed E-state index contributed by atoms with van der Waals surface area (Å²) in [6.45, 7) is 0. The van der Waals surface area contributed by atoms with Crippen molar-refractivity contribution < 1.29 is 29.1 Å². The number of nitrogens with one attached hydrogen (secondary N) is 1. The van der Waals surface area contributed by atoms with Gasteiger partial charge in [0.25, 0.3) is 11.8 Å². The van der Waals surface area contributed by atoms with Gasteiger partial charge in [-0.15, -0.1) is 0 Å². The van der Waals surface area contributed by atoms with Crippen LogP contribution in [0.2, 0.25) is 0 Å². The number of hydrogen-bond acceptors (Lipinski definition) is 9. The van der Waals surface area contributed by atoms with Crippen molar-refractivity contribution in [2.24, 2.45) is 0 Å². The molecule has 2 N–H and O–H groups in total. The normalized spacial score (nSPS) is 14.6. The number of aromatic hydroxyl groups is 1. The van der Waals surface area contributed by atoms with Crippen LogP contribution in [0.4, 0.5) is 5.69 Å². The molecule has 0 saturated carbocycles. The molecule has 1 fully saturated rings. The third-order valence-corrected chi connectivity index (χ3v) is 5.45. The molecule has 1 aliphatic heterocycles. The van der Waals surface area contributed by atoms with Gasteiger partial charge in [-0.2, -0.15) is 5.01 Å². The molecule has 12 heteroatoms. The number of nitro groups is 1. The Morgan fingerprint density at radius 2 is 1.94 bits per heavy atom. The highest BCUT2D eigenvalue weighted by atomic mass is 32.2. The van der Waals surface area contributed by atoms with Gasteiger partial charge in [-0.05, 0) is 54.2 Å². The Morgan fingerprint density at radius 1 is 1.26 bits per heavy atom. The lowest BCUT2D eigenvalue weighted by molar-refractivity contribution is -0.386. The molecule has 0 spiro atoms. The van der Waals surface area contributed by atoms with Gasteiger partial charge in [0.05, 0.1) is 24.0 Å². The van der Waals surface area contributed by atoms with E-state index in [9.17, 15) is 24.8 Å². The number of amides is 2. The molecule has 1 heterocycles. The minimum atomic E-state index is -0.768. The highest BCUT2D eigenvalue weighted by molar-refractivity contribution is 8.26. The summed E-state index contributed by atoms with van der Waals surface area (Å²) in [6, 6.07) is 8.70. The smallest absolute Gasteiger partial charge is 0.315 e. The van der Waals surface area contributed by atoms with Gasteiger partial charge in [0.2, 0.25) is 5.75 Å². The van der Waals surface area contributed by atoms with Gasteiger partial charge in [-0.1, -0.05) is 11.8 Å².